The first-order valence-electron chi connectivity index (χ1n) is 7.73. The summed E-state index contributed by atoms with van der Waals surface area (Å²) in [6.07, 6.45) is -4.18. The molecule has 1 aromatic heterocycles. The molecule has 1 aromatic carbocycles. The van der Waals surface area contributed by atoms with E-state index in [0.29, 0.717) is 23.2 Å². The van der Waals surface area contributed by atoms with Gasteiger partial charge in [-0.1, -0.05) is 6.92 Å². The van der Waals surface area contributed by atoms with Crippen LogP contribution in [0, 0.1) is 5.41 Å². The van der Waals surface area contributed by atoms with Crippen LogP contribution in [0.3, 0.4) is 0 Å². The summed E-state index contributed by atoms with van der Waals surface area (Å²) in [5, 5.41) is 30.2. The second-order valence-corrected chi connectivity index (χ2v) is 5.35. The molecule has 0 aliphatic carbocycles. The Morgan fingerprint density at radius 3 is 2.46 bits per heavy atom. The third kappa shape index (κ3) is 4.93. The highest BCUT2D eigenvalue weighted by Gasteiger charge is 2.31. The van der Waals surface area contributed by atoms with E-state index in [9.17, 15) is 23.4 Å². The second-order valence-electron chi connectivity index (χ2n) is 5.35. The predicted octanol–water partition coefficient (Wildman–Crippen LogP) is 3.53. The molecule has 140 valence electrons. The van der Waals surface area contributed by atoms with E-state index < -0.39 is 19.1 Å². The van der Waals surface area contributed by atoms with Gasteiger partial charge in [0.25, 0.3) is 0 Å². The zero-order valence-corrected chi connectivity index (χ0v) is 13.8. The Hall–Kier alpha value is -2.65. The van der Waals surface area contributed by atoms with Gasteiger partial charge in [-0.05, 0) is 42.3 Å². The molecule has 26 heavy (non-hydrogen) atoms. The van der Waals surface area contributed by atoms with Crippen LogP contribution in [0.2, 0.25) is 0 Å². The van der Waals surface area contributed by atoms with Gasteiger partial charge in [0.05, 0.1) is 6.61 Å². The van der Waals surface area contributed by atoms with Gasteiger partial charge < -0.3 is 25.7 Å². The van der Waals surface area contributed by atoms with E-state index in [0.717, 1.165) is 12.1 Å². The largest absolute Gasteiger partial charge is 0.573 e. The Bertz CT molecular complexity index is 764. The van der Waals surface area contributed by atoms with Gasteiger partial charge in [0, 0.05) is 23.2 Å². The van der Waals surface area contributed by atoms with Crippen molar-refractivity contribution >= 4 is 17.2 Å². The number of halogens is 3. The molecule has 0 bridgehead atoms. The van der Waals surface area contributed by atoms with Gasteiger partial charge >= 0.3 is 6.36 Å². The van der Waals surface area contributed by atoms with E-state index in [-0.39, 0.29) is 17.3 Å². The normalized spacial score (nSPS) is 12.5. The van der Waals surface area contributed by atoms with Gasteiger partial charge in [0.15, 0.2) is 0 Å². The maximum atomic E-state index is 12.2. The van der Waals surface area contributed by atoms with Crippen molar-refractivity contribution in [2.75, 3.05) is 11.9 Å². The van der Waals surface area contributed by atoms with Gasteiger partial charge in [-0.15, -0.1) is 13.2 Å². The predicted molar refractivity (Wildman–Crippen MR) is 89.8 cm³/mol. The van der Waals surface area contributed by atoms with Crippen molar-refractivity contribution < 1.29 is 28.1 Å². The van der Waals surface area contributed by atoms with Crippen LogP contribution in [0.15, 0.2) is 36.5 Å². The number of aliphatic hydroxyl groups excluding tert-OH is 2. The number of pyridine rings is 1. The molecule has 9 heteroatoms. The van der Waals surface area contributed by atoms with Gasteiger partial charge in [-0.25, -0.2) is 4.98 Å². The van der Waals surface area contributed by atoms with E-state index in [1.807, 2.05) is 0 Å². The van der Waals surface area contributed by atoms with Crippen molar-refractivity contribution in [1.82, 2.24) is 4.98 Å². The number of ether oxygens (including phenoxy) is 1. The van der Waals surface area contributed by atoms with Gasteiger partial charge in [0.1, 0.15) is 17.7 Å². The van der Waals surface area contributed by atoms with Crippen molar-refractivity contribution in [2.24, 2.45) is 0 Å². The lowest BCUT2D eigenvalue weighted by Crippen LogP contribution is -2.17. The molecule has 6 nitrogen and oxygen atoms in total. The van der Waals surface area contributed by atoms with Crippen molar-refractivity contribution in [3.8, 4) is 5.75 Å². The van der Waals surface area contributed by atoms with Crippen LogP contribution in [0.1, 0.15) is 30.6 Å². The Morgan fingerprint density at radius 1 is 1.27 bits per heavy atom. The number of anilines is 2. The lowest BCUT2D eigenvalue weighted by molar-refractivity contribution is -0.274. The second kappa shape index (κ2) is 8.15. The van der Waals surface area contributed by atoms with Crippen LogP contribution >= 0.6 is 0 Å². The van der Waals surface area contributed by atoms with Crippen LogP contribution in [0.5, 0.6) is 5.75 Å². The fourth-order valence-corrected chi connectivity index (χ4v) is 2.32. The lowest BCUT2D eigenvalue weighted by atomic mass is 9.98. The number of rotatable bonds is 7. The first kappa shape index (κ1) is 19.7. The number of aliphatic hydroxyl groups is 2. The molecule has 0 saturated heterocycles. The minimum atomic E-state index is -4.77. The molecule has 4 N–H and O–H groups in total. The van der Waals surface area contributed by atoms with Crippen LogP contribution in [-0.4, -0.2) is 33.9 Å². The smallest absolute Gasteiger partial charge is 0.406 e. The summed E-state index contributed by atoms with van der Waals surface area (Å²) in [7, 11) is 0. The van der Waals surface area contributed by atoms with E-state index in [1.54, 1.807) is 6.92 Å². The summed E-state index contributed by atoms with van der Waals surface area (Å²) in [5.74, 6) is -0.103. The molecule has 1 atom stereocenters. The van der Waals surface area contributed by atoms with Gasteiger partial charge in [-0.2, -0.15) is 0 Å². The summed E-state index contributed by atoms with van der Waals surface area (Å²) in [5.41, 5.74) is 1.30. The zero-order valence-electron chi connectivity index (χ0n) is 13.8. The number of aromatic nitrogens is 1. The molecule has 0 aliphatic heterocycles. The van der Waals surface area contributed by atoms with E-state index in [4.69, 9.17) is 5.41 Å². The van der Waals surface area contributed by atoms with E-state index in [2.05, 4.69) is 15.0 Å². The molecule has 0 spiro atoms. The quantitative estimate of drug-likeness (QED) is 0.560. The number of alkyl halides is 3. The molecule has 0 saturated carbocycles. The lowest BCUT2D eigenvalue weighted by Gasteiger charge is -2.18. The molecule has 0 radical (unpaired) electrons. The standard InChI is InChI=1S/C17H18F3N3O3/c1-2-13(21)15-12(14(25)9-24)7-8-22-16(15)23-10-3-5-11(6-4-10)26-17(18,19)20/h3-8,14,21,24-25H,2,9H2,1H3,(H,22,23). The minimum Gasteiger partial charge on any atom is -0.406 e. The number of hydrogen-bond donors (Lipinski definition) is 4. The van der Waals surface area contributed by atoms with Gasteiger partial charge in [0.2, 0.25) is 0 Å². The first-order chi connectivity index (χ1) is 12.2. The number of nitrogens with one attached hydrogen (secondary N) is 2. The molecular formula is C17H18F3N3O3. The molecule has 1 unspecified atom stereocenters. The van der Waals surface area contributed by atoms with Crippen molar-refractivity contribution in [1.29, 1.82) is 5.41 Å². The van der Waals surface area contributed by atoms with Crippen LogP contribution in [0.25, 0.3) is 0 Å². The molecule has 1 heterocycles. The fourth-order valence-electron chi connectivity index (χ4n) is 2.32. The minimum absolute atomic E-state index is 0.195. The summed E-state index contributed by atoms with van der Waals surface area (Å²) in [6.45, 7) is 1.24. The summed E-state index contributed by atoms with van der Waals surface area (Å²) < 4.78 is 40.4. The highest BCUT2D eigenvalue weighted by Crippen LogP contribution is 2.29. The van der Waals surface area contributed by atoms with Crippen LogP contribution in [0.4, 0.5) is 24.7 Å². The number of hydrogen-bond acceptors (Lipinski definition) is 6. The average molecular weight is 369 g/mol. The van der Waals surface area contributed by atoms with Crippen molar-refractivity contribution in [3.63, 3.8) is 0 Å². The van der Waals surface area contributed by atoms with Crippen molar-refractivity contribution in [3.05, 3.63) is 47.7 Å². The highest BCUT2D eigenvalue weighted by atomic mass is 19.4. The van der Waals surface area contributed by atoms with E-state index >= 15 is 0 Å². The summed E-state index contributed by atoms with van der Waals surface area (Å²) in [4.78, 5) is 4.15. The van der Waals surface area contributed by atoms with E-state index in [1.165, 1.54) is 24.4 Å². The van der Waals surface area contributed by atoms with Crippen LogP contribution in [-0.2, 0) is 0 Å². The summed E-state index contributed by atoms with van der Waals surface area (Å²) in [6, 6.07) is 6.54. The Kier molecular flexibility index (Phi) is 6.17. The third-order valence-corrected chi connectivity index (χ3v) is 3.52. The average Bonchev–Trinajstić information content (AvgIpc) is 2.60. The summed E-state index contributed by atoms with van der Waals surface area (Å²) >= 11 is 0. The molecule has 0 fully saturated rings. The Labute approximate surface area is 147 Å². The molecule has 0 aliphatic rings. The van der Waals surface area contributed by atoms with Crippen molar-refractivity contribution in [2.45, 2.75) is 25.8 Å². The highest BCUT2D eigenvalue weighted by molar-refractivity contribution is 6.04. The maximum Gasteiger partial charge on any atom is 0.573 e. The zero-order chi connectivity index (χ0) is 19.3. The monoisotopic (exact) mass is 369 g/mol. The third-order valence-electron chi connectivity index (χ3n) is 3.52. The Morgan fingerprint density at radius 2 is 1.92 bits per heavy atom. The maximum absolute atomic E-state index is 12.2. The molecular weight excluding hydrogens is 351 g/mol. The topological polar surface area (TPSA) is 98.5 Å². The fraction of sp³-hybridized carbons (Fsp3) is 0.294. The SMILES string of the molecule is CCC(=N)c1c(C(O)CO)ccnc1Nc1ccc(OC(F)(F)F)cc1. The molecule has 2 aromatic rings. The van der Waals surface area contributed by atoms with Crippen LogP contribution < -0.4 is 10.1 Å². The Balaban J connectivity index is 2.32. The number of nitrogens with zero attached hydrogens (tertiary/aromatic N) is 1. The molecule has 2 rings (SSSR count). The van der Waals surface area contributed by atoms with Gasteiger partial charge in [-0.3, -0.25) is 0 Å². The molecule has 0 amide bonds. The first-order valence-corrected chi connectivity index (χ1v) is 7.73. The number of benzene rings is 1.